The Labute approximate surface area is 154 Å². The number of hydrogen-bond donors (Lipinski definition) is 2. The van der Waals surface area contributed by atoms with E-state index in [2.05, 4.69) is 23.6 Å². The molecule has 0 aromatic heterocycles. The molecule has 1 fully saturated rings. The van der Waals surface area contributed by atoms with Crippen LogP contribution in [0.3, 0.4) is 0 Å². The third-order valence-electron chi connectivity index (χ3n) is 4.76. The van der Waals surface area contributed by atoms with Gasteiger partial charge in [-0.2, -0.15) is 0 Å². The van der Waals surface area contributed by atoms with Gasteiger partial charge < -0.3 is 20.1 Å². The van der Waals surface area contributed by atoms with Crippen LogP contribution < -0.4 is 15.4 Å². The van der Waals surface area contributed by atoms with Crippen molar-refractivity contribution in [2.24, 2.45) is 0 Å². The van der Waals surface area contributed by atoms with Crippen LogP contribution in [-0.2, 0) is 11.3 Å². The van der Waals surface area contributed by atoms with E-state index in [1.807, 2.05) is 48.5 Å². The molecule has 0 heterocycles. The molecule has 1 aliphatic carbocycles. The van der Waals surface area contributed by atoms with Gasteiger partial charge in [-0.3, -0.25) is 0 Å². The van der Waals surface area contributed by atoms with E-state index in [-0.39, 0.29) is 18.2 Å². The molecule has 0 aliphatic heterocycles. The zero-order valence-electron chi connectivity index (χ0n) is 15.3. The van der Waals surface area contributed by atoms with E-state index in [0.717, 1.165) is 29.7 Å². The zero-order valence-corrected chi connectivity index (χ0v) is 15.3. The molecule has 2 aromatic rings. The molecule has 5 heteroatoms. The molecule has 26 heavy (non-hydrogen) atoms. The topological polar surface area (TPSA) is 59.6 Å². The normalized spacial score (nSPS) is 19.9. The molecule has 138 valence electrons. The van der Waals surface area contributed by atoms with Crippen LogP contribution in [0.25, 0.3) is 0 Å². The summed E-state index contributed by atoms with van der Waals surface area (Å²) in [6, 6.07) is 18.5. The van der Waals surface area contributed by atoms with Crippen molar-refractivity contribution in [3.63, 3.8) is 0 Å². The van der Waals surface area contributed by atoms with Gasteiger partial charge in [-0.05, 0) is 31.4 Å². The molecule has 0 bridgehead atoms. The van der Waals surface area contributed by atoms with Gasteiger partial charge in [-0.1, -0.05) is 48.5 Å². The predicted molar refractivity (Wildman–Crippen MR) is 101 cm³/mol. The molecule has 1 aliphatic rings. The smallest absolute Gasteiger partial charge is 0.407 e. The van der Waals surface area contributed by atoms with E-state index in [0.29, 0.717) is 12.6 Å². The zero-order chi connectivity index (χ0) is 18.4. The number of carbonyl (C=O) groups is 1. The second-order valence-electron chi connectivity index (χ2n) is 6.70. The lowest BCUT2D eigenvalue weighted by molar-refractivity contribution is 0.124. The maximum absolute atomic E-state index is 11.9. The first-order chi connectivity index (χ1) is 12.7. The number of rotatable bonds is 7. The molecule has 1 amide bonds. The average Bonchev–Trinajstić information content (AvgIpc) is 2.65. The van der Waals surface area contributed by atoms with Gasteiger partial charge in [-0.25, -0.2) is 4.79 Å². The molecule has 1 atom stereocenters. The first-order valence-electron chi connectivity index (χ1n) is 9.02. The van der Waals surface area contributed by atoms with E-state index < -0.39 is 0 Å². The molecule has 0 radical (unpaired) electrons. The van der Waals surface area contributed by atoms with Crippen molar-refractivity contribution in [3.8, 4) is 5.75 Å². The van der Waals surface area contributed by atoms with Crippen molar-refractivity contribution in [2.45, 2.75) is 44.5 Å². The molecular weight excluding hydrogens is 328 g/mol. The SMILES string of the molecule is COc1ccccc1C(C)NC1CC(NC(=O)OCc2ccccc2)C1. The summed E-state index contributed by atoms with van der Waals surface area (Å²) in [5.41, 5.74) is 2.13. The van der Waals surface area contributed by atoms with Gasteiger partial charge in [-0.15, -0.1) is 0 Å². The van der Waals surface area contributed by atoms with Crippen LogP contribution in [0.5, 0.6) is 5.75 Å². The molecule has 0 spiro atoms. The molecule has 5 nitrogen and oxygen atoms in total. The Morgan fingerprint density at radius 3 is 2.50 bits per heavy atom. The molecule has 1 unspecified atom stereocenters. The van der Waals surface area contributed by atoms with E-state index in [4.69, 9.17) is 9.47 Å². The number of benzene rings is 2. The predicted octanol–water partition coefficient (Wildman–Crippen LogP) is 3.80. The number of para-hydroxylation sites is 1. The monoisotopic (exact) mass is 354 g/mol. The van der Waals surface area contributed by atoms with Crippen molar-refractivity contribution in [1.29, 1.82) is 0 Å². The summed E-state index contributed by atoms with van der Waals surface area (Å²) >= 11 is 0. The second-order valence-corrected chi connectivity index (χ2v) is 6.70. The number of ether oxygens (including phenoxy) is 2. The molecule has 0 saturated heterocycles. The maximum atomic E-state index is 11.9. The van der Waals surface area contributed by atoms with E-state index in [1.165, 1.54) is 0 Å². The number of methoxy groups -OCH3 is 1. The van der Waals surface area contributed by atoms with Crippen molar-refractivity contribution in [3.05, 3.63) is 65.7 Å². The van der Waals surface area contributed by atoms with Crippen LogP contribution in [0.15, 0.2) is 54.6 Å². The molecule has 2 aromatic carbocycles. The summed E-state index contributed by atoms with van der Waals surface area (Å²) in [6.45, 7) is 2.43. The van der Waals surface area contributed by atoms with Crippen LogP contribution in [0.4, 0.5) is 4.79 Å². The van der Waals surface area contributed by atoms with Crippen molar-refractivity contribution in [1.82, 2.24) is 10.6 Å². The highest BCUT2D eigenvalue weighted by Gasteiger charge is 2.31. The summed E-state index contributed by atoms with van der Waals surface area (Å²) in [7, 11) is 1.69. The fourth-order valence-corrected chi connectivity index (χ4v) is 3.27. The summed E-state index contributed by atoms with van der Waals surface area (Å²) < 4.78 is 10.7. The van der Waals surface area contributed by atoms with Gasteiger partial charge in [0.15, 0.2) is 0 Å². The fourth-order valence-electron chi connectivity index (χ4n) is 3.27. The number of hydrogen-bond acceptors (Lipinski definition) is 4. The number of alkyl carbamates (subject to hydrolysis) is 1. The van der Waals surface area contributed by atoms with Crippen LogP contribution in [0, 0.1) is 0 Å². The second kappa shape index (κ2) is 8.72. The van der Waals surface area contributed by atoms with Crippen molar-refractivity contribution in [2.75, 3.05) is 7.11 Å². The van der Waals surface area contributed by atoms with E-state index >= 15 is 0 Å². The standard InChI is InChI=1S/C21H26N2O3/c1-15(19-10-6-7-11-20(19)25-2)22-17-12-18(13-17)23-21(24)26-14-16-8-4-3-5-9-16/h3-11,15,17-18,22H,12-14H2,1-2H3,(H,23,24). The Bertz CT molecular complexity index is 714. The first-order valence-corrected chi connectivity index (χ1v) is 9.02. The lowest BCUT2D eigenvalue weighted by Gasteiger charge is -2.38. The lowest BCUT2D eigenvalue weighted by Crippen LogP contribution is -2.52. The van der Waals surface area contributed by atoms with Gasteiger partial charge in [0.05, 0.1) is 7.11 Å². The van der Waals surface area contributed by atoms with Gasteiger partial charge in [0.2, 0.25) is 0 Å². The minimum atomic E-state index is -0.352. The maximum Gasteiger partial charge on any atom is 0.407 e. The average molecular weight is 354 g/mol. The van der Waals surface area contributed by atoms with Crippen LogP contribution >= 0.6 is 0 Å². The third kappa shape index (κ3) is 4.76. The summed E-state index contributed by atoms with van der Waals surface area (Å²) in [4.78, 5) is 11.9. The Morgan fingerprint density at radius 1 is 1.08 bits per heavy atom. The van der Waals surface area contributed by atoms with Gasteiger partial charge >= 0.3 is 6.09 Å². The number of carbonyl (C=O) groups excluding carboxylic acids is 1. The van der Waals surface area contributed by atoms with E-state index in [9.17, 15) is 4.79 Å². The van der Waals surface area contributed by atoms with Crippen molar-refractivity contribution >= 4 is 6.09 Å². The summed E-state index contributed by atoms with van der Waals surface area (Å²) in [5.74, 6) is 0.894. The summed E-state index contributed by atoms with van der Waals surface area (Å²) in [6.07, 6.45) is 1.45. The minimum Gasteiger partial charge on any atom is -0.496 e. The molecule has 1 saturated carbocycles. The van der Waals surface area contributed by atoms with Gasteiger partial charge in [0.1, 0.15) is 12.4 Å². The Hall–Kier alpha value is -2.53. The fraction of sp³-hybridized carbons (Fsp3) is 0.381. The first kappa shape index (κ1) is 18.3. The van der Waals surface area contributed by atoms with Crippen LogP contribution in [-0.4, -0.2) is 25.3 Å². The molecule has 2 N–H and O–H groups in total. The van der Waals surface area contributed by atoms with Gasteiger partial charge in [0.25, 0.3) is 0 Å². The molecule has 3 rings (SSSR count). The quantitative estimate of drug-likeness (QED) is 0.794. The number of amides is 1. The minimum absolute atomic E-state index is 0.167. The highest BCUT2D eigenvalue weighted by molar-refractivity contribution is 5.67. The summed E-state index contributed by atoms with van der Waals surface area (Å²) in [5, 5.41) is 6.52. The highest BCUT2D eigenvalue weighted by atomic mass is 16.5. The van der Waals surface area contributed by atoms with Crippen molar-refractivity contribution < 1.29 is 14.3 Å². The Morgan fingerprint density at radius 2 is 1.77 bits per heavy atom. The van der Waals surface area contributed by atoms with Gasteiger partial charge in [0, 0.05) is 23.7 Å². The largest absolute Gasteiger partial charge is 0.496 e. The highest BCUT2D eigenvalue weighted by Crippen LogP contribution is 2.28. The lowest BCUT2D eigenvalue weighted by atomic mass is 9.86. The Kier molecular flexibility index (Phi) is 6.12. The Balaban J connectivity index is 1.38. The van der Waals surface area contributed by atoms with E-state index in [1.54, 1.807) is 7.11 Å². The third-order valence-corrected chi connectivity index (χ3v) is 4.76. The van der Waals surface area contributed by atoms with Crippen LogP contribution in [0.1, 0.15) is 36.9 Å². The number of nitrogens with one attached hydrogen (secondary N) is 2. The molecular formula is C21H26N2O3. The van der Waals surface area contributed by atoms with Crippen LogP contribution in [0.2, 0.25) is 0 Å².